The maximum atomic E-state index is 17.4. The van der Waals surface area contributed by atoms with E-state index in [4.69, 9.17) is 4.74 Å². The minimum Gasteiger partial charge on any atom is -0.448 e. The second kappa shape index (κ2) is 8.33. The lowest BCUT2D eigenvalue weighted by atomic mass is 9.44. The molecule has 5 aliphatic rings. The van der Waals surface area contributed by atoms with Crippen LogP contribution in [0, 0.1) is 28.6 Å². The first-order chi connectivity index (χ1) is 16.7. The highest BCUT2D eigenvalue weighted by molar-refractivity contribution is 8.22. The van der Waals surface area contributed by atoms with Gasteiger partial charge in [0, 0.05) is 34.2 Å². The number of hydrogen-bond acceptors (Lipinski definition) is 7. The molecule has 1 heterocycles. The number of thiol groups is 1. The maximum absolute atomic E-state index is 17.4. The molecule has 0 aromatic heterocycles. The van der Waals surface area contributed by atoms with E-state index < -0.39 is 73.1 Å². The van der Waals surface area contributed by atoms with Crippen molar-refractivity contribution >= 4 is 53.0 Å². The molecular weight excluding hydrogens is 526 g/mol. The Labute approximate surface area is 224 Å². The average Bonchev–Trinajstić information content (AvgIpc) is 3.33. The number of alkyl halides is 2. The monoisotopic (exact) mass is 558 g/mol. The maximum Gasteiger partial charge on any atom is 0.333 e. The minimum absolute atomic E-state index is 0.0496. The number of thioether (sulfide) groups is 2. The van der Waals surface area contributed by atoms with Crippen LogP contribution in [0.5, 0.6) is 0 Å². The first-order valence-electron chi connectivity index (χ1n) is 12.4. The van der Waals surface area contributed by atoms with E-state index in [0.717, 1.165) is 17.6 Å². The number of allylic oxidation sites excluding steroid dienone is 4. The summed E-state index contributed by atoms with van der Waals surface area (Å²) >= 11 is 7.12. The van der Waals surface area contributed by atoms with Crippen LogP contribution in [0.2, 0.25) is 0 Å². The number of aliphatic hydroxyl groups excluding tert-OH is 1. The van der Waals surface area contributed by atoms with Gasteiger partial charge in [-0.25, -0.2) is 13.6 Å². The van der Waals surface area contributed by atoms with Crippen LogP contribution in [0.1, 0.15) is 47.0 Å². The molecule has 10 heteroatoms. The van der Waals surface area contributed by atoms with Crippen molar-refractivity contribution in [2.75, 3.05) is 11.5 Å². The van der Waals surface area contributed by atoms with E-state index in [1.54, 1.807) is 20.8 Å². The van der Waals surface area contributed by atoms with Gasteiger partial charge in [-0.15, -0.1) is 36.2 Å². The fourth-order valence-electron chi connectivity index (χ4n) is 8.11. The zero-order valence-corrected chi connectivity index (χ0v) is 23.3. The molecule has 5 rings (SSSR count). The first-order valence-corrected chi connectivity index (χ1v) is 14.8. The first kappa shape index (κ1) is 26.8. The second-order valence-electron chi connectivity index (χ2n) is 11.6. The van der Waals surface area contributed by atoms with Gasteiger partial charge in [-0.05, 0) is 56.8 Å². The summed E-state index contributed by atoms with van der Waals surface area (Å²) in [5, 5.41) is 10.9. The molecule has 9 atom stereocenters. The number of aliphatic hydroxyl groups is 1. The summed E-state index contributed by atoms with van der Waals surface area (Å²) in [6.07, 6.45) is 0.562. The van der Waals surface area contributed by atoms with E-state index in [-0.39, 0.29) is 18.4 Å². The van der Waals surface area contributed by atoms with Crippen LogP contribution in [-0.2, 0) is 19.1 Å². The van der Waals surface area contributed by atoms with Crippen molar-refractivity contribution in [1.82, 2.24) is 0 Å². The molecule has 1 N–H and O–H groups in total. The van der Waals surface area contributed by atoms with Crippen molar-refractivity contribution in [3.8, 4) is 0 Å². The van der Waals surface area contributed by atoms with Gasteiger partial charge in [0.2, 0.25) is 5.12 Å². The van der Waals surface area contributed by atoms with Crippen LogP contribution in [0.25, 0.3) is 0 Å². The molecular formula is C26H32F2O5S3. The van der Waals surface area contributed by atoms with E-state index in [0.29, 0.717) is 6.42 Å². The van der Waals surface area contributed by atoms with Crippen LogP contribution < -0.4 is 0 Å². The fraction of sp³-hybridized carbons (Fsp3) is 0.731. The number of rotatable bonds is 3. The Balaban J connectivity index is 1.60. The molecule has 0 unspecified atom stereocenters. The summed E-state index contributed by atoms with van der Waals surface area (Å²) in [5.41, 5.74) is -6.56. The number of hydrogen-bond donors (Lipinski definition) is 2. The second-order valence-corrected chi connectivity index (χ2v) is 15.3. The van der Waals surface area contributed by atoms with E-state index in [1.807, 2.05) is 0 Å². The topological polar surface area (TPSA) is 80.7 Å². The van der Waals surface area contributed by atoms with Gasteiger partial charge >= 0.3 is 5.97 Å². The van der Waals surface area contributed by atoms with E-state index in [2.05, 4.69) is 12.6 Å². The number of fused-ring (bicyclic) bond motifs is 5. The molecule has 0 aromatic carbocycles. The van der Waals surface area contributed by atoms with Gasteiger partial charge in [0.25, 0.3) is 0 Å². The summed E-state index contributed by atoms with van der Waals surface area (Å²) in [6.45, 7) is 6.85. The largest absolute Gasteiger partial charge is 0.448 e. The molecule has 4 aliphatic carbocycles. The molecule has 198 valence electrons. The molecule has 0 aromatic rings. The Morgan fingerprint density at radius 2 is 1.81 bits per heavy atom. The van der Waals surface area contributed by atoms with Crippen LogP contribution >= 0.6 is 36.2 Å². The Bertz CT molecular complexity index is 1090. The third-order valence-corrected chi connectivity index (χ3v) is 13.5. The quantitative estimate of drug-likeness (QED) is 0.390. The van der Waals surface area contributed by atoms with Crippen LogP contribution in [0.4, 0.5) is 8.78 Å². The van der Waals surface area contributed by atoms with Crippen molar-refractivity contribution in [2.45, 2.75) is 74.6 Å². The smallest absolute Gasteiger partial charge is 0.333 e. The van der Waals surface area contributed by atoms with Crippen molar-refractivity contribution in [3.05, 3.63) is 23.8 Å². The van der Waals surface area contributed by atoms with Gasteiger partial charge in [0.05, 0.1) is 6.10 Å². The third kappa shape index (κ3) is 3.16. The highest BCUT2D eigenvalue weighted by atomic mass is 32.2. The van der Waals surface area contributed by atoms with Gasteiger partial charge in [0.1, 0.15) is 6.17 Å². The molecule has 1 saturated heterocycles. The Kier molecular flexibility index (Phi) is 6.19. The summed E-state index contributed by atoms with van der Waals surface area (Å²) < 4.78 is 38.3. The van der Waals surface area contributed by atoms with Crippen LogP contribution in [0.15, 0.2) is 23.8 Å². The number of esters is 1. The lowest BCUT2D eigenvalue weighted by molar-refractivity contribution is -0.228. The fourth-order valence-corrected chi connectivity index (χ4v) is 11.2. The standard InChI is InChI=1S/C26H32F2O5S3/c1-13-9-15-16-11-18(27)17-10-14(29)5-6-22(17,2)25(16,28)19(30)12-23(15,3)26(13,21(32)34)33-20(31)24(4)35-7-8-36-24/h5-6,10,13,15-16,18-19,30H,7-9,11-12H2,1-4H3,(H,32,34)/t13-,15+,16+,18+,19+,22+,23+,25+,26+/m1/s1. The molecule has 0 spiro atoms. The summed E-state index contributed by atoms with van der Waals surface area (Å²) in [4.78, 5) is 38.8. The van der Waals surface area contributed by atoms with Crippen LogP contribution in [0.3, 0.4) is 0 Å². The molecule has 1 aliphatic heterocycles. The number of ketones is 1. The molecule has 0 radical (unpaired) electrons. The number of carbonyl (C=O) groups excluding carboxylic acids is 3. The van der Waals surface area contributed by atoms with E-state index in [9.17, 15) is 19.5 Å². The Morgan fingerprint density at radius 3 is 2.42 bits per heavy atom. The zero-order chi connectivity index (χ0) is 26.5. The number of carbonyl (C=O) groups is 3. The number of ether oxygens (including phenoxy) is 1. The normalized spacial score (nSPS) is 49.1. The molecule has 5 nitrogen and oxygen atoms in total. The van der Waals surface area contributed by atoms with Crippen molar-refractivity contribution in [3.63, 3.8) is 0 Å². The molecule has 36 heavy (non-hydrogen) atoms. The van der Waals surface area contributed by atoms with Crippen molar-refractivity contribution in [2.24, 2.45) is 28.6 Å². The molecule has 4 fully saturated rings. The SMILES string of the molecule is C[C@@H]1C[C@H]2[C@@H]3C[C@H](F)C4=CC(=O)C=C[C@]4(C)[C@@]3(F)[C@@H](O)C[C@]2(C)[C@@]1(OC(=O)C1(C)SCCS1)C(=O)S. The van der Waals surface area contributed by atoms with E-state index >= 15 is 8.78 Å². The van der Waals surface area contributed by atoms with E-state index in [1.165, 1.54) is 42.6 Å². The zero-order valence-electron chi connectivity index (χ0n) is 20.8. The van der Waals surface area contributed by atoms with Gasteiger partial charge < -0.3 is 9.84 Å². The highest BCUT2D eigenvalue weighted by Gasteiger charge is 2.78. The molecule has 0 amide bonds. The summed E-state index contributed by atoms with van der Waals surface area (Å²) in [6, 6.07) is 0. The van der Waals surface area contributed by atoms with Crippen molar-refractivity contribution < 1.29 is 33.0 Å². The predicted molar refractivity (Wildman–Crippen MR) is 139 cm³/mol. The average molecular weight is 559 g/mol. The summed E-state index contributed by atoms with van der Waals surface area (Å²) in [5.74, 6) is -1.40. The third-order valence-electron chi connectivity index (χ3n) is 9.95. The molecule has 0 bridgehead atoms. The Hall–Kier alpha value is -0.840. The van der Waals surface area contributed by atoms with Gasteiger partial charge in [-0.2, -0.15) is 0 Å². The molecule has 3 saturated carbocycles. The minimum atomic E-state index is -2.26. The lowest BCUT2D eigenvalue weighted by Gasteiger charge is -2.63. The van der Waals surface area contributed by atoms with Crippen molar-refractivity contribution in [1.29, 1.82) is 0 Å². The number of halogens is 2. The lowest BCUT2D eigenvalue weighted by Crippen LogP contribution is -2.70. The van der Waals surface area contributed by atoms with Gasteiger partial charge in [-0.3, -0.25) is 9.59 Å². The van der Waals surface area contributed by atoms with Crippen LogP contribution in [-0.4, -0.2) is 61.1 Å². The van der Waals surface area contributed by atoms with Gasteiger partial charge in [0.15, 0.2) is 21.1 Å². The Morgan fingerprint density at radius 1 is 1.17 bits per heavy atom. The summed E-state index contributed by atoms with van der Waals surface area (Å²) in [7, 11) is 0. The van der Waals surface area contributed by atoms with Gasteiger partial charge in [-0.1, -0.05) is 19.9 Å². The predicted octanol–water partition coefficient (Wildman–Crippen LogP) is 4.49. The highest BCUT2D eigenvalue weighted by Crippen LogP contribution is 2.72.